The molecule has 2 nitrogen and oxygen atoms in total. The van der Waals surface area contributed by atoms with Crippen molar-refractivity contribution in [1.82, 2.24) is 0 Å². The summed E-state index contributed by atoms with van der Waals surface area (Å²) in [7, 11) is 0. The summed E-state index contributed by atoms with van der Waals surface area (Å²) in [5, 5.41) is 2.10. The van der Waals surface area contributed by atoms with E-state index < -0.39 is 0 Å². The number of hydrogen-bond donors (Lipinski definition) is 1. The van der Waals surface area contributed by atoms with Gasteiger partial charge in [0.15, 0.2) is 0 Å². The van der Waals surface area contributed by atoms with Crippen molar-refractivity contribution in [3.63, 3.8) is 0 Å². The molecular formula is C20H32N2. The monoisotopic (exact) mass is 300 g/mol. The molecule has 1 heterocycles. The van der Waals surface area contributed by atoms with Crippen molar-refractivity contribution in [3.05, 3.63) is 29.8 Å². The lowest BCUT2D eigenvalue weighted by Crippen LogP contribution is -2.70. The van der Waals surface area contributed by atoms with E-state index in [-0.39, 0.29) is 16.4 Å². The first-order valence-electron chi connectivity index (χ1n) is 8.56. The molecular weight excluding hydrogens is 268 g/mol. The Morgan fingerprint density at radius 1 is 0.955 bits per heavy atom. The van der Waals surface area contributed by atoms with Crippen LogP contribution in [-0.4, -0.2) is 5.54 Å². The molecule has 1 fully saturated rings. The third-order valence-corrected chi connectivity index (χ3v) is 6.30. The van der Waals surface area contributed by atoms with Crippen LogP contribution in [-0.2, 0) is 5.41 Å². The highest BCUT2D eigenvalue weighted by molar-refractivity contribution is 5.61. The predicted molar refractivity (Wildman–Crippen MR) is 94.8 cm³/mol. The van der Waals surface area contributed by atoms with Gasteiger partial charge < -0.3 is 5.01 Å². The number of hydrazine groups is 1. The molecule has 1 aliphatic carbocycles. The zero-order valence-electron chi connectivity index (χ0n) is 15.3. The van der Waals surface area contributed by atoms with Crippen LogP contribution < -0.4 is 10.9 Å². The Morgan fingerprint density at radius 3 is 2.18 bits per heavy atom. The van der Waals surface area contributed by atoms with Gasteiger partial charge in [0.2, 0.25) is 0 Å². The van der Waals surface area contributed by atoms with Gasteiger partial charge >= 0.3 is 0 Å². The highest BCUT2D eigenvalue weighted by Crippen LogP contribution is 2.64. The van der Waals surface area contributed by atoms with Crippen molar-refractivity contribution in [2.75, 3.05) is 5.01 Å². The molecule has 2 aliphatic rings. The molecule has 0 amide bonds. The molecule has 1 aromatic rings. The second kappa shape index (κ2) is 4.29. The minimum atomic E-state index is -0.0108. The van der Waals surface area contributed by atoms with Crippen LogP contribution in [0.3, 0.4) is 0 Å². The summed E-state index contributed by atoms with van der Waals surface area (Å²) < 4.78 is 0. The first-order chi connectivity index (χ1) is 9.92. The summed E-state index contributed by atoms with van der Waals surface area (Å²) in [6.07, 6.45) is 2.39. The van der Waals surface area contributed by atoms with E-state index in [0.29, 0.717) is 11.3 Å². The smallest absolute Gasteiger partial charge is 0.0579 e. The zero-order valence-corrected chi connectivity index (χ0v) is 15.3. The van der Waals surface area contributed by atoms with Gasteiger partial charge in [-0.1, -0.05) is 59.7 Å². The molecule has 122 valence electrons. The van der Waals surface area contributed by atoms with Crippen molar-refractivity contribution in [2.45, 2.75) is 72.3 Å². The van der Waals surface area contributed by atoms with Gasteiger partial charge in [0.25, 0.3) is 0 Å². The number of anilines is 1. The van der Waals surface area contributed by atoms with Crippen LogP contribution in [0.4, 0.5) is 5.69 Å². The van der Waals surface area contributed by atoms with Gasteiger partial charge in [0.1, 0.15) is 0 Å². The summed E-state index contributed by atoms with van der Waals surface area (Å²) in [5.74, 6) is 7.26. The van der Waals surface area contributed by atoms with E-state index in [1.54, 1.807) is 0 Å². The van der Waals surface area contributed by atoms with Crippen LogP contribution >= 0.6 is 0 Å². The van der Waals surface area contributed by atoms with E-state index in [4.69, 9.17) is 5.84 Å². The van der Waals surface area contributed by atoms with Crippen LogP contribution in [0.1, 0.15) is 66.9 Å². The molecule has 22 heavy (non-hydrogen) atoms. The topological polar surface area (TPSA) is 29.3 Å². The van der Waals surface area contributed by atoms with E-state index in [0.717, 1.165) is 6.42 Å². The second-order valence-electron chi connectivity index (χ2n) is 9.91. The maximum Gasteiger partial charge on any atom is 0.0579 e. The van der Waals surface area contributed by atoms with Crippen molar-refractivity contribution in [3.8, 4) is 0 Å². The largest absolute Gasteiger partial charge is 0.305 e. The standard InChI is InChI=1S/C20H32N2/c1-17(2)12-18(3,4)16-19(5,6)14-10-8-9-11-15(14)22(21)20(16,7)13-17/h8-11,16H,12-13,21H2,1-7H3. The number of hydrogen-bond acceptors (Lipinski definition) is 2. The van der Waals surface area contributed by atoms with E-state index in [2.05, 4.69) is 77.7 Å². The maximum atomic E-state index is 6.73. The minimum absolute atomic E-state index is 0.0108. The number of benzene rings is 1. The van der Waals surface area contributed by atoms with Crippen LogP contribution in [0.25, 0.3) is 0 Å². The first-order valence-corrected chi connectivity index (χ1v) is 8.56. The zero-order chi connectivity index (χ0) is 16.6. The van der Waals surface area contributed by atoms with E-state index in [1.165, 1.54) is 17.7 Å². The number of nitrogens with zero attached hydrogens (tertiary/aromatic N) is 1. The lowest BCUT2D eigenvalue weighted by Gasteiger charge is -2.66. The van der Waals surface area contributed by atoms with Crippen molar-refractivity contribution < 1.29 is 0 Å². The first kappa shape index (κ1) is 15.9. The predicted octanol–water partition coefficient (Wildman–Crippen LogP) is 4.88. The quantitative estimate of drug-likeness (QED) is 0.692. The summed E-state index contributed by atoms with van der Waals surface area (Å²) in [6.45, 7) is 16.9. The number of para-hydroxylation sites is 1. The van der Waals surface area contributed by atoms with Crippen molar-refractivity contribution in [2.24, 2.45) is 22.6 Å². The molecule has 0 bridgehead atoms. The van der Waals surface area contributed by atoms with E-state index in [1.807, 2.05) is 0 Å². The lowest BCUT2D eigenvalue weighted by atomic mass is 9.44. The number of fused-ring (bicyclic) bond motifs is 2. The van der Waals surface area contributed by atoms with Crippen LogP contribution in [0.5, 0.6) is 0 Å². The molecule has 1 aliphatic heterocycles. The summed E-state index contributed by atoms with van der Waals surface area (Å²) >= 11 is 0. The second-order valence-corrected chi connectivity index (χ2v) is 9.91. The van der Waals surface area contributed by atoms with Gasteiger partial charge in [-0.3, -0.25) is 0 Å². The molecule has 0 aromatic heterocycles. The van der Waals surface area contributed by atoms with Gasteiger partial charge in [-0.05, 0) is 53.6 Å². The highest BCUT2D eigenvalue weighted by atomic mass is 15.5. The average Bonchev–Trinajstić information content (AvgIpc) is 2.32. The Morgan fingerprint density at radius 2 is 1.55 bits per heavy atom. The summed E-state index contributed by atoms with van der Waals surface area (Å²) in [4.78, 5) is 0. The molecule has 1 aromatic carbocycles. The van der Waals surface area contributed by atoms with E-state index >= 15 is 0 Å². The molecule has 0 radical (unpaired) electrons. The summed E-state index contributed by atoms with van der Waals surface area (Å²) in [5.41, 5.74) is 3.29. The SMILES string of the molecule is CC1(C)CC(C)(C)C2C(C)(C)c3ccccc3N(N)C2(C)C1. The molecule has 2 unspecified atom stereocenters. The number of nitrogens with two attached hydrogens (primary N) is 1. The maximum absolute atomic E-state index is 6.73. The van der Waals surface area contributed by atoms with Crippen LogP contribution in [0, 0.1) is 16.7 Å². The van der Waals surface area contributed by atoms with Gasteiger partial charge in [0.05, 0.1) is 11.2 Å². The van der Waals surface area contributed by atoms with Crippen LogP contribution in [0.2, 0.25) is 0 Å². The van der Waals surface area contributed by atoms with E-state index in [9.17, 15) is 0 Å². The van der Waals surface area contributed by atoms with Gasteiger partial charge in [0, 0.05) is 0 Å². The molecule has 0 spiro atoms. The normalized spacial score (nSPS) is 34.7. The molecule has 3 rings (SSSR count). The fourth-order valence-corrected chi connectivity index (χ4v) is 6.95. The third-order valence-electron chi connectivity index (χ3n) is 6.30. The third kappa shape index (κ3) is 1.96. The Bertz CT molecular complexity index is 599. The van der Waals surface area contributed by atoms with Crippen molar-refractivity contribution >= 4 is 5.69 Å². The number of rotatable bonds is 0. The lowest BCUT2D eigenvalue weighted by molar-refractivity contribution is -0.0589. The molecule has 1 saturated carbocycles. The van der Waals surface area contributed by atoms with Gasteiger partial charge in [-0.15, -0.1) is 0 Å². The molecule has 0 saturated heterocycles. The van der Waals surface area contributed by atoms with Crippen molar-refractivity contribution in [1.29, 1.82) is 0 Å². The fraction of sp³-hybridized carbons (Fsp3) is 0.700. The van der Waals surface area contributed by atoms with Gasteiger partial charge in [-0.25, -0.2) is 5.84 Å². The Kier molecular flexibility index (Phi) is 3.09. The molecule has 2 heteroatoms. The highest BCUT2D eigenvalue weighted by Gasteiger charge is 2.62. The Hall–Kier alpha value is -1.02. The summed E-state index contributed by atoms with van der Waals surface area (Å²) in [6, 6.07) is 8.71. The fourth-order valence-electron chi connectivity index (χ4n) is 6.95. The van der Waals surface area contributed by atoms with Crippen LogP contribution in [0.15, 0.2) is 24.3 Å². The van der Waals surface area contributed by atoms with Gasteiger partial charge in [-0.2, -0.15) is 0 Å². The molecule has 2 N–H and O–H groups in total. The molecule has 2 atom stereocenters. The minimum Gasteiger partial charge on any atom is -0.305 e. The average molecular weight is 300 g/mol. The Labute approximate surface area is 136 Å². The Balaban J connectivity index is 2.27.